The Labute approximate surface area is 107 Å². The summed E-state index contributed by atoms with van der Waals surface area (Å²) >= 11 is 0. The van der Waals surface area contributed by atoms with Crippen LogP contribution in [0.5, 0.6) is 0 Å². The molecule has 0 bridgehead atoms. The summed E-state index contributed by atoms with van der Waals surface area (Å²) < 4.78 is 7.62. The van der Waals surface area contributed by atoms with Gasteiger partial charge in [-0.1, -0.05) is 26.2 Å². The molecule has 1 aliphatic rings. The third-order valence-corrected chi connectivity index (χ3v) is 13.7. The highest BCUT2D eigenvalue weighted by molar-refractivity contribution is 6.95. The van der Waals surface area contributed by atoms with Crippen molar-refractivity contribution in [1.82, 2.24) is 4.23 Å². The van der Waals surface area contributed by atoms with Crippen molar-refractivity contribution in [3.8, 4) is 0 Å². The maximum atomic E-state index is 11.5. The van der Waals surface area contributed by atoms with Crippen molar-refractivity contribution in [3.05, 3.63) is 11.8 Å². The molecule has 0 aromatic rings. The van der Waals surface area contributed by atoms with Gasteiger partial charge in [-0.25, -0.2) is 4.79 Å². The lowest BCUT2D eigenvalue weighted by atomic mass is 10.4. The van der Waals surface area contributed by atoms with Gasteiger partial charge in [-0.2, -0.15) is 0 Å². The molecule has 0 saturated carbocycles. The second-order valence-electron chi connectivity index (χ2n) is 6.00. The van der Waals surface area contributed by atoms with Gasteiger partial charge >= 0.3 is 5.97 Å². The van der Waals surface area contributed by atoms with Crippen molar-refractivity contribution >= 4 is 22.4 Å². The number of esters is 1. The number of ether oxygens (including phenoxy) is 1. The minimum Gasteiger partial charge on any atom is -0.463 e. The molecule has 0 spiro atoms. The van der Waals surface area contributed by atoms with Crippen molar-refractivity contribution in [2.45, 2.75) is 52.1 Å². The monoisotopic (exact) mass is 271 g/mol. The zero-order valence-electron chi connectivity index (χ0n) is 12.0. The molecular formula is C12H25NO2Si2. The largest absolute Gasteiger partial charge is 0.463 e. The second kappa shape index (κ2) is 4.98. The number of carbonyl (C=O) groups excluding carboxylic acids is 1. The summed E-state index contributed by atoms with van der Waals surface area (Å²) in [6.07, 6.45) is 1.68. The zero-order chi connectivity index (χ0) is 13.3. The smallest absolute Gasteiger partial charge is 0.332 e. The molecule has 1 rings (SSSR count). The summed E-state index contributed by atoms with van der Waals surface area (Å²) in [6.45, 7) is 14.0. The standard InChI is InChI=1S/C12H25NO2Si2/c1-7-15-12(14)10-11(2)13-16(3,4)8-9-17(13,5)6/h10H,7-9H2,1-6H3/b11-10-. The lowest BCUT2D eigenvalue weighted by Crippen LogP contribution is -2.53. The summed E-state index contributed by atoms with van der Waals surface area (Å²) in [7, 11) is -2.68. The SMILES string of the molecule is CCOC(=O)/C=C(/C)N1[Si](C)(C)CC[Si]1(C)C. The number of rotatable bonds is 3. The van der Waals surface area contributed by atoms with Crippen LogP contribution in [0.25, 0.3) is 0 Å². The Kier molecular flexibility index (Phi) is 4.25. The third kappa shape index (κ3) is 3.22. The highest BCUT2D eigenvalue weighted by atomic mass is 28.4. The van der Waals surface area contributed by atoms with E-state index in [-0.39, 0.29) is 5.97 Å². The van der Waals surface area contributed by atoms with E-state index in [0.717, 1.165) is 5.70 Å². The average Bonchev–Trinajstić information content (AvgIpc) is 2.35. The minimum absolute atomic E-state index is 0.202. The Hall–Kier alpha value is -0.556. The topological polar surface area (TPSA) is 29.5 Å². The summed E-state index contributed by atoms with van der Waals surface area (Å²) in [4.78, 5) is 11.5. The molecular weight excluding hydrogens is 246 g/mol. The van der Waals surface area contributed by atoms with E-state index in [1.54, 1.807) is 6.08 Å². The van der Waals surface area contributed by atoms with Crippen LogP contribution in [-0.4, -0.2) is 33.3 Å². The summed E-state index contributed by atoms with van der Waals surface area (Å²) in [5, 5.41) is 0. The van der Waals surface area contributed by atoms with Gasteiger partial charge in [0, 0.05) is 11.8 Å². The molecule has 0 N–H and O–H groups in total. The normalized spacial score (nSPS) is 22.7. The van der Waals surface area contributed by atoms with Crippen LogP contribution in [0.2, 0.25) is 38.3 Å². The Morgan fingerprint density at radius 1 is 1.24 bits per heavy atom. The van der Waals surface area contributed by atoms with Crippen LogP contribution in [0.1, 0.15) is 13.8 Å². The molecule has 0 amide bonds. The molecule has 5 heteroatoms. The van der Waals surface area contributed by atoms with Gasteiger partial charge < -0.3 is 8.97 Å². The maximum Gasteiger partial charge on any atom is 0.332 e. The molecule has 98 valence electrons. The van der Waals surface area contributed by atoms with Crippen molar-refractivity contribution < 1.29 is 9.53 Å². The van der Waals surface area contributed by atoms with Crippen LogP contribution < -0.4 is 0 Å². The van der Waals surface area contributed by atoms with Crippen molar-refractivity contribution in [2.75, 3.05) is 6.61 Å². The van der Waals surface area contributed by atoms with Crippen LogP contribution in [0.15, 0.2) is 11.8 Å². The van der Waals surface area contributed by atoms with Gasteiger partial charge in [0.05, 0.1) is 6.61 Å². The van der Waals surface area contributed by atoms with Gasteiger partial charge in [0.2, 0.25) is 0 Å². The van der Waals surface area contributed by atoms with E-state index >= 15 is 0 Å². The number of hydrogen-bond acceptors (Lipinski definition) is 3. The molecule has 0 atom stereocenters. The lowest BCUT2D eigenvalue weighted by Gasteiger charge is -2.41. The third-order valence-electron chi connectivity index (χ3n) is 3.53. The Morgan fingerprint density at radius 3 is 2.12 bits per heavy atom. The van der Waals surface area contributed by atoms with Crippen LogP contribution in [-0.2, 0) is 9.53 Å². The lowest BCUT2D eigenvalue weighted by molar-refractivity contribution is -0.137. The summed E-state index contributed by atoms with van der Waals surface area (Å²) in [5.74, 6) is -0.202. The van der Waals surface area contributed by atoms with Crippen molar-refractivity contribution in [2.24, 2.45) is 0 Å². The predicted octanol–water partition coefficient (Wildman–Crippen LogP) is 3.18. The molecule has 3 nitrogen and oxygen atoms in total. The number of hydrogen-bond donors (Lipinski definition) is 0. The van der Waals surface area contributed by atoms with Crippen LogP contribution in [0, 0.1) is 0 Å². The van der Waals surface area contributed by atoms with Gasteiger partial charge in [0.1, 0.15) is 16.5 Å². The van der Waals surface area contributed by atoms with Crippen LogP contribution in [0.3, 0.4) is 0 Å². The molecule has 1 fully saturated rings. The molecule has 0 aliphatic carbocycles. The van der Waals surface area contributed by atoms with Crippen LogP contribution in [0.4, 0.5) is 0 Å². The first-order valence-corrected chi connectivity index (χ1v) is 12.7. The minimum atomic E-state index is -1.34. The quantitative estimate of drug-likeness (QED) is 0.448. The van der Waals surface area contributed by atoms with E-state index in [4.69, 9.17) is 4.74 Å². The molecule has 0 radical (unpaired) electrons. The maximum absolute atomic E-state index is 11.5. The van der Waals surface area contributed by atoms with Crippen molar-refractivity contribution in [3.63, 3.8) is 0 Å². The molecule has 1 saturated heterocycles. The molecule has 0 aromatic heterocycles. The zero-order valence-corrected chi connectivity index (χ0v) is 14.0. The Morgan fingerprint density at radius 2 is 1.71 bits per heavy atom. The van der Waals surface area contributed by atoms with Gasteiger partial charge in [0.15, 0.2) is 0 Å². The highest BCUT2D eigenvalue weighted by Crippen LogP contribution is 2.39. The van der Waals surface area contributed by atoms with Gasteiger partial charge in [-0.15, -0.1) is 0 Å². The fraction of sp³-hybridized carbons (Fsp3) is 0.750. The van der Waals surface area contributed by atoms with Gasteiger partial charge in [-0.3, -0.25) is 0 Å². The first-order valence-electron chi connectivity index (χ1n) is 6.36. The predicted molar refractivity (Wildman–Crippen MR) is 76.8 cm³/mol. The molecule has 1 heterocycles. The van der Waals surface area contributed by atoms with Crippen LogP contribution >= 0.6 is 0 Å². The number of carbonyl (C=O) groups is 1. The van der Waals surface area contributed by atoms with Gasteiger partial charge in [-0.05, 0) is 25.9 Å². The average molecular weight is 272 g/mol. The molecule has 0 aromatic carbocycles. The first kappa shape index (κ1) is 14.5. The summed E-state index contributed by atoms with van der Waals surface area (Å²) in [5.41, 5.74) is 1.12. The van der Waals surface area contributed by atoms with Crippen molar-refractivity contribution in [1.29, 1.82) is 0 Å². The van der Waals surface area contributed by atoms with E-state index < -0.39 is 16.5 Å². The molecule has 17 heavy (non-hydrogen) atoms. The van der Waals surface area contributed by atoms with E-state index in [2.05, 4.69) is 37.3 Å². The number of nitrogens with zero attached hydrogens (tertiary/aromatic N) is 1. The second-order valence-corrected chi connectivity index (χ2v) is 15.6. The fourth-order valence-corrected chi connectivity index (χ4v) is 17.6. The fourth-order valence-electron chi connectivity index (χ4n) is 3.03. The highest BCUT2D eigenvalue weighted by Gasteiger charge is 2.47. The van der Waals surface area contributed by atoms with Gasteiger partial charge in [0.25, 0.3) is 0 Å². The van der Waals surface area contributed by atoms with E-state index in [1.807, 2.05) is 6.92 Å². The number of allylic oxidation sites excluding steroid dienone is 1. The van der Waals surface area contributed by atoms with E-state index in [0.29, 0.717) is 6.61 Å². The molecule has 1 aliphatic heterocycles. The first-order chi connectivity index (χ1) is 7.70. The Balaban J connectivity index is 2.93. The van der Waals surface area contributed by atoms with E-state index in [1.165, 1.54) is 12.1 Å². The molecule has 0 unspecified atom stereocenters. The Bertz CT molecular complexity index is 321. The summed E-state index contributed by atoms with van der Waals surface area (Å²) in [6, 6.07) is 2.69. The van der Waals surface area contributed by atoms with E-state index in [9.17, 15) is 4.79 Å².